The summed E-state index contributed by atoms with van der Waals surface area (Å²) >= 11 is 6.01. The fourth-order valence-electron chi connectivity index (χ4n) is 3.25. The summed E-state index contributed by atoms with van der Waals surface area (Å²) in [6.07, 6.45) is 2.58. The normalized spacial score (nSPS) is 20.4. The number of methoxy groups -OCH3 is 1. The van der Waals surface area contributed by atoms with Crippen LogP contribution >= 0.6 is 19.9 Å². The molecule has 1 fully saturated rings. The van der Waals surface area contributed by atoms with Crippen LogP contribution in [0, 0.1) is 0 Å². The minimum atomic E-state index is -1.17. The summed E-state index contributed by atoms with van der Waals surface area (Å²) in [5.74, 6) is 0.318. The zero-order valence-electron chi connectivity index (χ0n) is 15.7. The second-order valence-electron chi connectivity index (χ2n) is 6.56. The van der Waals surface area contributed by atoms with E-state index in [0.717, 1.165) is 35.9 Å². The Morgan fingerprint density at radius 2 is 2.00 bits per heavy atom. The predicted octanol–water partition coefficient (Wildman–Crippen LogP) is 3.51. The summed E-state index contributed by atoms with van der Waals surface area (Å²) in [5, 5.41) is 10.8. The monoisotopic (exact) mass is 422 g/mol. The molecular formula is C20H24ClN2O4P. The van der Waals surface area contributed by atoms with Gasteiger partial charge in [0.25, 0.3) is 5.91 Å². The van der Waals surface area contributed by atoms with Crippen LogP contribution in [0.3, 0.4) is 0 Å². The molecule has 2 N–H and O–H groups in total. The molecule has 1 amide bonds. The van der Waals surface area contributed by atoms with Crippen molar-refractivity contribution >= 4 is 31.1 Å². The molecule has 28 heavy (non-hydrogen) atoms. The highest BCUT2D eigenvalue weighted by Crippen LogP contribution is 2.45. The molecule has 2 aromatic carbocycles. The van der Waals surface area contributed by atoms with Gasteiger partial charge in [-0.2, -0.15) is 0 Å². The van der Waals surface area contributed by atoms with Crippen LogP contribution in [0.1, 0.15) is 18.4 Å². The highest BCUT2D eigenvalue weighted by molar-refractivity contribution is 7.58. The first kappa shape index (κ1) is 21.0. The Labute approximate surface area is 171 Å². The molecular weight excluding hydrogens is 399 g/mol. The summed E-state index contributed by atoms with van der Waals surface area (Å²) in [4.78, 5) is 12.0. The quantitative estimate of drug-likeness (QED) is 0.423. The van der Waals surface area contributed by atoms with Gasteiger partial charge in [0.1, 0.15) is 14.0 Å². The van der Waals surface area contributed by atoms with E-state index in [1.165, 1.54) is 0 Å². The van der Waals surface area contributed by atoms with E-state index in [0.29, 0.717) is 11.6 Å². The van der Waals surface area contributed by atoms with Gasteiger partial charge in [0.05, 0.1) is 20.3 Å². The number of rotatable bonds is 6. The van der Waals surface area contributed by atoms with Gasteiger partial charge in [0, 0.05) is 16.4 Å². The molecule has 2 unspecified atom stereocenters. The van der Waals surface area contributed by atoms with Crippen LogP contribution in [0.5, 0.6) is 5.75 Å². The van der Waals surface area contributed by atoms with E-state index in [1.54, 1.807) is 12.6 Å². The Morgan fingerprint density at radius 1 is 1.29 bits per heavy atom. The third-order valence-electron chi connectivity index (χ3n) is 4.66. The third-order valence-corrected chi connectivity index (χ3v) is 7.01. The number of hydrogen-bond acceptors (Lipinski definition) is 5. The Balaban J connectivity index is 1.88. The summed E-state index contributed by atoms with van der Waals surface area (Å²) in [6, 6.07) is 15.6. The van der Waals surface area contributed by atoms with Crippen LogP contribution in [0.4, 0.5) is 0 Å². The first-order valence-corrected chi connectivity index (χ1v) is 10.7. The Bertz CT molecular complexity index is 773. The van der Waals surface area contributed by atoms with Crippen molar-refractivity contribution in [3.63, 3.8) is 0 Å². The van der Waals surface area contributed by atoms with Crippen LogP contribution in [-0.2, 0) is 15.7 Å². The van der Waals surface area contributed by atoms with Crippen LogP contribution in [0.15, 0.2) is 48.5 Å². The number of ether oxygens (including phenoxy) is 1. The maximum Gasteiger partial charge on any atom is 0.257 e. The van der Waals surface area contributed by atoms with Crippen molar-refractivity contribution in [1.29, 1.82) is 0 Å². The lowest BCUT2D eigenvalue weighted by molar-refractivity contribution is -0.129. The fourth-order valence-corrected chi connectivity index (χ4v) is 5.43. The molecule has 2 aromatic rings. The predicted molar refractivity (Wildman–Crippen MR) is 110 cm³/mol. The molecule has 1 aliphatic rings. The lowest BCUT2D eigenvalue weighted by Gasteiger charge is -2.34. The standard InChI is InChI=1S/C20H24ClN2O4P/c1-26-18-8-10-19(11-9-18)28-23(14-20(24)22-25)17(3-2-12-27-28)13-15-4-6-16(21)7-5-15/h4-11,17,25H,2-3,12-14H2,1H3,(H,22,24). The van der Waals surface area contributed by atoms with Crippen molar-refractivity contribution in [3.05, 3.63) is 59.1 Å². The van der Waals surface area contributed by atoms with Crippen LogP contribution in [0.2, 0.25) is 5.02 Å². The Morgan fingerprint density at radius 3 is 2.64 bits per heavy atom. The summed E-state index contributed by atoms with van der Waals surface area (Å²) < 4.78 is 13.5. The van der Waals surface area contributed by atoms with Crippen molar-refractivity contribution in [1.82, 2.24) is 10.2 Å². The number of halogens is 1. The molecule has 6 nitrogen and oxygen atoms in total. The lowest BCUT2D eigenvalue weighted by atomic mass is 10.0. The van der Waals surface area contributed by atoms with Crippen LogP contribution < -0.4 is 15.5 Å². The summed E-state index contributed by atoms with van der Waals surface area (Å²) in [5.41, 5.74) is 2.90. The van der Waals surface area contributed by atoms with Gasteiger partial charge in [-0.3, -0.25) is 10.0 Å². The van der Waals surface area contributed by atoms with Gasteiger partial charge in [0.2, 0.25) is 0 Å². The number of carbonyl (C=O) groups is 1. The van der Waals surface area contributed by atoms with Crippen molar-refractivity contribution < 1.29 is 19.3 Å². The maximum atomic E-state index is 12.0. The number of nitrogens with one attached hydrogen (secondary N) is 1. The molecule has 0 spiro atoms. The highest BCUT2D eigenvalue weighted by Gasteiger charge is 2.33. The molecule has 150 valence electrons. The van der Waals surface area contributed by atoms with Gasteiger partial charge in [-0.25, -0.2) is 10.2 Å². The topological polar surface area (TPSA) is 71.0 Å². The molecule has 1 saturated heterocycles. The van der Waals surface area contributed by atoms with Crippen molar-refractivity contribution in [2.24, 2.45) is 0 Å². The van der Waals surface area contributed by atoms with E-state index in [1.807, 2.05) is 48.5 Å². The average Bonchev–Trinajstić information content (AvgIpc) is 2.92. The SMILES string of the molecule is COc1ccc(P2OCCCC(Cc3ccc(Cl)cc3)N2CC(=O)NO)cc1. The Kier molecular flexibility index (Phi) is 7.65. The zero-order chi connectivity index (χ0) is 19.9. The molecule has 2 atom stereocenters. The van der Waals surface area contributed by atoms with Gasteiger partial charge >= 0.3 is 0 Å². The molecule has 0 radical (unpaired) electrons. The second kappa shape index (κ2) is 10.2. The van der Waals surface area contributed by atoms with Crippen molar-refractivity contribution in [3.8, 4) is 5.75 Å². The van der Waals surface area contributed by atoms with E-state index in [2.05, 4.69) is 4.67 Å². The molecule has 0 aliphatic carbocycles. The van der Waals surface area contributed by atoms with Crippen molar-refractivity contribution in [2.45, 2.75) is 25.3 Å². The lowest BCUT2D eigenvalue weighted by Crippen LogP contribution is -2.41. The minimum Gasteiger partial charge on any atom is -0.497 e. The van der Waals surface area contributed by atoms with E-state index < -0.39 is 14.2 Å². The number of hydroxylamine groups is 1. The number of hydrogen-bond donors (Lipinski definition) is 2. The zero-order valence-corrected chi connectivity index (χ0v) is 17.3. The maximum absolute atomic E-state index is 12.0. The molecule has 0 saturated carbocycles. The Hall–Kier alpha value is -1.69. The number of carbonyl (C=O) groups excluding carboxylic acids is 1. The summed E-state index contributed by atoms with van der Waals surface area (Å²) in [7, 11) is 0.453. The van der Waals surface area contributed by atoms with E-state index >= 15 is 0 Å². The smallest absolute Gasteiger partial charge is 0.257 e. The first-order chi connectivity index (χ1) is 13.6. The van der Waals surface area contributed by atoms with E-state index in [9.17, 15) is 4.79 Å². The van der Waals surface area contributed by atoms with Gasteiger partial charge in [0.15, 0.2) is 0 Å². The second-order valence-corrected chi connectivity index (χ2v) is 8.83. The largest absolute Gasteiger partial charge is 0.497 e. The third kappa shape index (κ3) is 5.43. The average molecular weight is 423 g/mol. The summed E-state index contributed by atoms with van der Waals surface area (Å²) in [6.45, 7) is 0.693. The van der Waals surface area contributed by atoms with Crippen molar-refractivity contribution in [2.75, 3.05) is 20.3 Å². The number of nitrogens with zero attached hydrogens (tertiary/aromatic N) is 1. The molecule has 3 rings (SSSR count). The molecule has 8 heteroatoms. The van der Waals surface area contributed by atoms with Crippen LogP contribution in [-0.4, -0.2) is 42.1 Å². The minimum absolute atomic E-state index is 0.0620. The van der Waals surface area contributed by atoms with Crippen LogP contribution in [0.25, 0.3) is 0 Å². The highest BCUT2D eigenvalue weighted by atomic mass is 35.5. The molecule has 0 aromatic heterocycles. The van der Waals surface area contributed by atoms with Gasteiger partial charge in [-0.1, -0.05) is 23.7 Å². The van der Waals surface area contributed by atoms with Gasteiger partial charge in [-0.05, 0) is 61.2 Å². The molecule has 0 bridgehead atoms. The van der Waals surface area contributed by atoms with E-state index in [-0.39, 0.29) is 12.6 Å². The van der Waals surface area contributed by atoms with E-state index in [4.69, 9.17) is 26.1 Å². The fraction of sp³-hybridized carbons (Fsp3) is 0.350. The number of benzene rings is 2. The molecule has 1 heterocycles. The molecule has 1 aliphatic heterocycles. The number of amides is 1. The van der Waals surface area contributed by atoms with Gasteiger partial charge in [-0.15, -0.1) is 0 Å². The first-order valence-electron chi connectivity index (χ1n) is 9.11. The van der Waals surface area contributed by atoms with Gasteiger partial charge < -0.3 is 9.26 Å².